The fourth-order valence-electron chi connectivity index (χ4n) is 2.57. The van der Waals surface area contributed by atoms with Gasteiger partial charge in [-0.25, -0.2) is 0 Å². The molecule has 0 unspecified atom stereocenters. The monoisotopic (exact) mass is 371 g/mol. The summed E-state index contributed by atoms with van der Waals surface area (Å²) in [5.41, 5.74) is 3.05. The first kappa shape index (κ1) is 18.2. The number of nitro groups is 1. The molecule has 3 rings (SSSR count). The van der Waals surface area contributed by atoms with Crippen LogP contribution in [0.2, 0.25) is 0 Å². The second kappa shape index (κ2) is 7.36. The third-order valence-electron chi connectivity index (χ3n) is 4.14. The second-order valence-corrected chi connectivity index (χ2v) is 5.93. The van der Waals surface area contributed by atoms with Crippen LogP contribution in [-0.2, 0) is 29.6 Å². The normalized spacial score (nSPS) is 10.8. The fourth-order valence-corrected chi connectivity index (χ4v) is 2.57. The van der Waals surface area contributed by atoms with E-state index < -0.39 is 10.9 Å². The van der Waals surface area contributed by atoms with Crippen molar-refractivity contribution in [3.05, 3.63) is 57.2 Å². The van der Waals surface area contributed by atoms with Crippen LogP contribution in [0.1, 0.15) is 22.8 Å². The molecule has 0 radical (unpaired) electrons. The van der Waals surface area contributed by atoms with Gasteiger partial charge in [0.05, 0.1) is 17.0 Å². The molecule has 3 aromatic rings. The lowest BCUT2D eigenvalue weighted by Gasteiger charge is -2.02. The number of carbonyl (C=O) groups is 1. The molecule has 10 heteroatoms. The molecule has 0 N–H and O–H groups in total. The minimum absolute atomic E-state index is 0.0302. The number of carbonyl (C=O) groups excluding carboxylic acids is 1. The second-order valence-electron chi connectivity index (χ2n) is 5.93. The molecule has 0 saturated heterocycles. The molecule has 2 heterocycles. The van der Waals surface area contributed by atoms with E-state index in [1.807, 2.05) is 20.9 Å². The number of nitro benzene ring substituents is 1. The van der Waals surface area contributed by atoms with Crippen molar-refractivity contribution in [3.8, 4) is 11.4 Å². The molecule has 10 nitrogen and oxygen atoms in total. The van der Waals surface area contributed by atoms with E-state index in [0.717, 1.165) is 17.0 Å². The zero-order valence-corrected chi connectivity index (χ0v) is 15.0. The number of aryl methyl sites for hydroxylation is 2. The van der Waals surface area contributed by atoms with Crippen LogP contribution in [0.3, 0.4) is 0 Å². The molecule has 140 valence electrons. The molecule has 0 atom stereocenters. The first-order valence-corrected chi connectivity index (χ1v) is 8.07. The Morgan fingerprint density at radius 3 is 2.59 bits per heavy atom. The first-order valence-electron chi connectivity index (χ1n) is 8.07. The number of esters is 1. The van der Waals surface area contributed by atoms with Crippen molar-refractivity contribution in [2.45, 2.75) is 26.9 Å². The highest BCUT2D eigenvalue weighted by molar-refractivity contribution is 5.73. The summed E-state index contributed by atoms with van der Waals surface area (Å²) in [4.78, 5) is 26.4. The molecule has 0 aliphatic carbocycles. The maximum atomic E-state index is 12.1. The lowest BCUT2D eigenvalue weighted by Crippen LogP contribution is -2.09. The van der Waals surface area contributed by atoms with E-state index >= 15 is 0 Å². The Hall–Kier alpha value is -3.56. The molecule has 0 fully saturated rings. The average Bonchev–Trinajstić information content (AvgIpc) is 3.21. The summed E-state index contributed by atoms with van der Waals surface area (Å²) in [5, 5.41) is 18.7. The Morgan fingerprint density at radius 2 is 2.00 bits per heavy atom. The molecule has 0 bridgehead atoms. The Kier molecular flexibility index (Phi) is 4.97. The number of benzene rings is 1. The van der Waals surface area contributed by atoms with Crippen LogP contribution in [-0.4, -0.2) is 30.8 Å². The summed E-state index contributed by atoms with van der Waals surface area (Å²) < 4.78 is 12.0. The summed E-state index contributed by atoms with van der Waals surface area (Å²) in [7, 11) is 1.81. The van der Waals surface area contributed by atoms with Crippen molar-refractivity contribution in [2.24, 2.45) is 7.05 Å². The molecule has 27 heavy (non-hydrogen) atoms. The molecular formula is C17H17N5O5. The van der Waals surface area contributed by atoms with Gasteiger partial charge in [-0.1, -0.05) is 5.16 Å². The molecule has 0 aliphatic heterocycles. The number of aromatic nitrogens is 4. The Morgan fingerprint density at radius 1 is 1.30 bits per heavy atom. The predicted molar refractivity (Wildman–Crippen MR) is 92.6 cm³/mol. The van der Waals surface area contributed by atoms with E-state index in [2.05, 4.69) is 15.2 Å². The van der Waals surface area contributed by atoms with Crippen LogP contribution in [0.4, 0.5) is 5.69 Å². The zero-order valence-electron chi connectivity index (χ0n) is 15.0. The van der Waals surface area contributed by atoms with Gasteiger partial charge in [-0.3, -0.25) is 19.6 Å². The first-order chi connectivity index (χ1) is 12.8. The number of ether oxygens (including phenoxy) is 1. The van der Waals surface area contributed by atoms with Crippen LogP contribution in [0.15, 0.2) is 28.8 Å². The predicted octanol–water partition coefficient (Wildman–Crippen LogP) is 2.28. The highest BCUT2D eigenvalue weighted by atomic mass is 16.6. The minimum Gasteiger partial charge on any atom is -0.455 e. The summed E-state index contributed by atoms with van der Waals surface area (Å²) in [6.07, 6.45) is 0.106. The van der Waals surface area contributed by atoms with Crippen molar-refractivity contribution in [2.75, 3.05) is 0 Å². The van der Waals surface area contributed by atoms with Gasteiger partial charge in [-0.2, -0.15) is 10.1 Å². The average molecular weight is 371 g/mol. The quantitative estimate of drug-likeness (QED) is 0.367. The topological polar surface area (TPSA) is 126 Å². The molecule has 0 saturated carbocycles. The highest BCUT2D eigenvalue weighted by Crippen LogP contribution is 2.20. The van der Waals surface area contributed by atoms with E-state index in [0.29, 0.717) is 5.56 Å². The SMILES string of the molecule is Cc1nn(C)c(C)c1CC(=O)OCc1nc(-c2ccc([N+](=O)[O-])cc2)no1. The van der Waals surface area contributed by atoms with E-state index in [9.17, 15) is 14.9 Å². The van der Waals surface area contributed by atoms with E-state index in [1.165, 1.54) is 24.3 Å². The van der Waals surface area contributed by atoms with Crippen LogP contribution in [0.5, 0.6) is 0 Å². The minimum atomic E-state index is -0.490. The fraction of sp³-hybridized carbons (Fsp3) is 0.294. The number of nitrogens with zero attached hydrogens (tertiary/aromatic N) is 5. The molecule has 0 spiro atoms. The Bertz CT molecular complexity index is 990. The smallest absolute Gasteiger partial charge is 0.310 e. The number of hydrogen-bond acceptors (Lipinski definition) is 8. The largest absolute Gasteiger partial charge is 0.455 e. The van der Waals surface area contributed by atoms with Crippen molar-refractivity contribution in [1.29, 1.82) is 0 Å². The lowest BCUT2D eigenvalue weighted by molar-refractivity contribution is -0.384. The van der Waals surface area contributed by atoms with Gasteiger partial charge in [0, 0.05) is 36.0 Å². The van der Waals surface area contributed by atoms with Crippen LogP contribution < -0.4 is 0 Å². The summed E-state index contributed by atoms with van der Waals surface area (Å²) >= 11 is 0. The summed E-state index contributed by atoms with van der Waals surface area (Å²) in [6, 6.07) is 5.74. The zero-order chi connectivity index (χ0) is 19.6. The molecule has 1 aromatic carbocycles. The van der Waals surface area contributed by atoms with Crippen LogP contribution in [0.25, 0.3) is 11.4 Å². The summed E-state index contributed by atoms with van der Waals surface area (Å²) in [5.74, 6) is -0.0319. The van der Waals surface area contributed by atoms with Crippen molar-refractivity contribution in [3.63, 3.8) is 0 Å². The van der Waals surface area contributed by atoms with Gasteiger partial charge in [-0.15, -0.1) is 0 Å². The summed E-state index contributed by atoms with van der Waals surface area (Å²) in [6.45, 7) is 3.57. The van der Waals surface area contributed by atoms with Crippen LogP contribution >= 0.6 is 0 Å². The van der Waals surface area contributed by atoms with E-state index in [4.69, 9.17) is 9.26 Å². The Balaban J connectivity index is 1.60. The standard InChI is InChI=1S/C17H17N5O5/c1-10-14(11(2)21(3)19-10)8-16(23)26-9-15-18-17(20-27-15)12-4-6-13(7-5-12)22(24)25/h4-7H,8-9H2,1-3H3. The number of non-ortho nitro benzene ring substituents is 1. The maximum Gasteiger partial charge on any atom is 0.310 e. The van der Waals surface area contributed by atoms with Crippen molar-refractivity contribution in [1.82, 2.24) is 19.9 Å². The van der Waals surface area contributed by atoms with E-state index in [-0.39, 0.29) is 30.4 Å². The van der Waals surface area contributed by atoms with Crippen molar-refractivity contribution < 1.29 is 19.0 Å². The van der Waals surface area contributed by atoms with Gasteiger partial charge >= 0.3 is 5.97 Å². The molecule has 0 aliphatic rings. The Labute approximate surface area is 153 Å². The van der Waals surface area contributed by atoms with E-state index in [1.54, 1.807) is 4.68 Å². The van der Waals surface area contributed by atoms with Gasteiger partial charge < -0.3 is 9.26 Å². The third kappa shape index (κ3) is 4.00. The van der Waals surface area contributed by atoms with Crippen LogP contribution in [0, 0.1) is 24.0 Å². The number of rotatable bonds is 6. The third-order valence-corrected chi connectivity index (χ3v) is 4.14. The molecule has 2 aromatic heterocycles. The maximum absolute atomic E-state index is 12.1. The van der Waals surface area contributed by atoms with Gasteiger partial charge in [0.1, 0.15) is 0 Å². The van der Waals surface area contributed by atoms with Gasteiger partial charge in [0.15, 0.2) is 6.61 Å². The molecular weight excluding hydrogens is 354 g/mol. The van der Waals surface area contributed by atoms with Crippen molar-refractivity contribution >= 4 is 11.7 Å². The molecule has 0 amide bonds. The highest BCUT2D eigenvalue weighted by Gasteiger charge is 2.16. The number of hydrogen-bond donors (Lipinski definition) is 0. The van der Waals surface area contributed by atoms with Gasteiger partial charge in [-0.05, 0) is 26.0 Å². The van der Waals surface area contributed by atoms with Gasteiger partial charge in [0.25, 0.3) is 11.6 Å². The lowest BCUT2D eigenvalue weighted by atomic mass is 10.1. The van der Waals surface area contributed by atoms with Gasteiger partial charge in [0.2, 0.25) is 5.82 Å².